The van der Waals surface area contributed by atoms with Crippen LogP contribution in [-0.2, 0) is 0 Å². The summed E-state index contributed by atoms with van der Waals surface area (Å²) in [7, 11) is 0. The van der Waals surface area contributed by atoms with Gasteiger partial charge in [-0.3, -0.25) is 0 Å². The molecule has 0 aromatic heterocycles. The van der Waals surface area contributed by atoms with Crippen LogP contribution in [0.3, 0.4) is 0 Å². The van der Waals surface area contributed by atoms with Crippen molar-refractivity contribution in [2.24, 2.45) is 0 Å². The summed E-state index contributed by atoms with van der Waals surface area (Å²) in [5.74, 6) is -2.87. The largest absolute Gasteiger partial charge is 0.381 e. The SMILES string of the molecule is OCN(CO)CC(O)(O)O. The highest BCUT2D eigenvalue weighted by Crippen LogP contribution is 1.95. The molecule has 0 saturated heterocycles. The van der Waals surface area contributed by atoms with Gasteiger partial charge in [-0.15, -0.1) is 0 Å². The molecule has 0 aliphatic rings. The second-order valence-corrected chi connectivity index (χ2v) is 1.89. The van der Waals surface area contributed by atoms with E-state index in [2.05, 4.69) is 0 Å². The summed E-state index contributed by atoms with van der Waals surface area (Å²) in [5.41, 5.74) is 0. The second kappa shape index (κ2) is 3.81. The molecular formula is C4H11NO5. The van der Waals surface area contributed by atoms with Gasteiger partial charge in [-0.2, -0.15) is 0 Å². The van der Waals surface area contributed by atoms with Crippen LogP contribution in [0.2, 0.25) is 0 Å². The maximum absolute atomic E-state index is 8.32. The summed E-state index contributed by atoms with van der Waals surface area (Å²) < 4.78 is 0. The number of hydrogen-bond acceptors (Lipinski definition) is 6. The first-order valence-corrected chi connectivity index (χ1v) is 2.61. The van der Waals surface area contributed by atoms with Crippen LogP contribution in [0.1, 0.15) is 0 Å². The van der Waals surface area contributed by atoms with E-state index in [1.165, 1.54) is 0 Å². The molecule has 6 heteroatoms. The highest BCUT2D eigenvalue weighted by molar-refractivity contribution is 4.52. The van der Waals surface area contributed by atoms with Crippen molar-refractivity contribution in [3.05, 3.63) is 0 Å². The van der Waals surface area contributed by atoms with Gasteiger partial charge < -0.3 is 25.5 Å². The zero-order valence-corrected chi connectivity index (χ0v) is 5.30. The van der Waals surface area contributed by atoms with Gasteiger partial charge in [0.2, 0.25) is 0 Å². The van der Waals surface area contributed by atoms with Crippen molar-refractivity contribution in [2.75, 3.05) is 20.0 Å². The summed E-state index contributed by atoms with van der Waals surface area (Å²) in [6, 6.07) is 0. The van der Waals surface area contributed by atoms with Gasteiger partial charge in [-0.1, -0.05) is 0 Å². The molecule has 0 aromatic carbocycles. The van der Waals surface area contributed by atoms with E-state index in [1.54, 1.807) is 0 Å². The number of aliphatic hydroxyl groups excluding tert-OH is 2. The van der Waals surface area contributed by atoms with Crippen molar-refractivity contribution in [3.8, 4) is 0 Å². The van der Waals surface area contributed by atoms with Gasteiger partial charge in [0.15, 0.2) is 0 Å². The maximum Gasteiger partial charge on any atom is 0.289 e. The standard InChI is InChI=1S/C4H11NO5/c6-2-5(3-7)1-4(8,9)10/h6-10H,1-3H2. The molecule has 0 bridgehead atoms. The summed E-state index contributed by atoms with van der Waals surface area (Å²) in [4.78, 5) is 0.819. The molecule has 10 heavy (non-hydrogen) atoms. The van der Waals surface area contributed by atoms with E-state index >= 15 is 0 Å². The minimum Gasteiger partial charge on any atom is -0.381 e. The summed E-state index contributed by atoms with van der Waals surface area (Å²) in [6.45, 7) is -1.74. The molecule has 0 rings (SSSR count). The molecule has 0 saturated carbocycles. The van der Waals surface area contributed by atoms with Crippen LogP contribution in [-0.4, -0.2) is 56.4 Å². The van der Waals surface area contributed by atoms with Crippen LogP contribution in [0.15, 0.2) is 0 Å². The van der Waals surface area contributed by atoms with E-state index < -0.39 is 26.0 Å². The van der Waals surface area contributed by atoms with Gasteiger partial charge in [0, 0.05) is 0 Å². The molecule has 0 aliphatic carbocycles. The molecule has 0 radical (unpaired) electrons. The second-order valence-electron chi connectivity index (χ2n) is 1.89. The average molecular weight is 153 g/mol. The van der Waals surface area contributed by atoms with Crippen LogP contribution in [0.5, 0.6) is 0 Å². The monoisotopic (exact) mass is 153 g/mol. The predicted octanol–water partition coefficient (Wildman–Crippen LogP) is -3.18. The lowest BCUT2D eigenvalue weighted by molar-refractivity contribution is -0.322. The third-order valence-corrected chi connectivity index (χ3v) is 0.836. The third kappa shape index (κ3) is 4.62. The normalized spacial score (nSPS) is 12.6. The first-order valence-electron chi connectivity index (χ1n) is 2.61. The first kappa shape index (κ1) is 9.76. The molecule has 0 spiro atoms. The first-order chi connectivity index (χ1) is 4.49. The van der Waals surface area contributed by atoms with Crippen molar-refractivity contribution in [3.63, 3.8) is 0 Å². The van der Waals surface area contributed by atoms with Crippen LogP contribution in [0, 0.1) is 0 Å². The van der Waals surface area contributed by atoms with Crippen LogP contribution in [0.25, 0.3) is 0 Å². The smallest absolute Gasteiger partial charge is 0.289 e. The van der Waals surface area contributed by atoms with Crippen molar-refractivity contribution in [2.45, 2.75) is 5.97 Å². The van der Waals surface area contributed by atoms with E-state index in [9.17, 15) is 0 Å². The molecular weight excluding hydrogens is 142 g/mol. The summed E-state index contributed by atoms with van der Waals surface area (Å²) in [6.07, 6.45) is 0. The predicted molar refractivity (Wildman–Crippen MR) is 30.3 cm³/mol. The van der Waals surface area contributed by atoms with Crippen LogP contribution < -0.4 is 0 Å². The molecule has 0 aliphatic heterocycles. The Hall–Kier alpha value is -0.240. The molecule has 0 unspecified atom stereocenters. The van der Waals surface area contributed by atoms with E-state index in [4.69, 9.17) is 25.5 Å². The minimum atomic E-state index is -2.87. The van der Waals surface area contributed by atoms with Gasteiger partial charge in [-0.05, 0) is 0 Å². The lowest BCUT2D eigenvalue weighted by Crippen LogP contribution is -2.43. The van der Waals surface area contributed by atoms with Crippen LogP contribution in [0.4, 0.5) is 0 Å². The lowest BCUT2D eigenvalue weighted by atomic mass is 10.5. The Morgan fingerprint density at radius 1 is 1.00 bits per heavy atom. The molecule has 0 atom stereocenters. The lowest BCUT2D eigenvalue weighted by Gasteiger charge is -2.22. The Bertz CT molecular complexity index is 86.1. The van der Waals surface area contributed by atoms with E-state index in [0.29, 0.717) is 0 Å². The maximum atomic E-state index is 8.32. The van der Waals surface area contributed by atoms with Crippen molar-refractivity contribution in [1.29, 1.82) is 0 Å². The fourth-order valence-electron chi connectivity index (χ4n) is 0.445. The quantitative estimate of drug-likeness (QED) is 0.273. The molecule has 0 fully saturated rings. The van der Waals surface area contributed by atoms with E-state index in [1.807, 2.05) is 0 Å². The fourth-order valence-corrected chi connectivity index (χ4v) is 0.445. The Balaban J connectivity index is 3.63. The van der Waals surface area contributed by atoms with Gasteiger partial charge >= 0.3 is 0 Å². The van der Waals surface area contributed by atoms with E-state index in [0.717, 1.165) is 4.90 Å². The van der Waals surface area contributed by atoms with E-state index in [-0.39, 0.29) is 0 Å². The van der Waals surface area contributed by atoms with Crippen molar-refractivity contribution in [1.82, 2.24) is 4.90 Å². The highest BCUT2D eigenvalue weighted by atomic mass is 16.7. The number of nitrogens with zero attached hydrogens (tertiary/aromatic N) is 1. The Morgan fingerprint density at radius 2 is 1.40 bits per heavy atom. The third-order valence-electron chi connectivity index (χ3n) is 0.836. The Kier molecular flexibility index (Phi) is 3.72. The topological polar surface area (TPSA) is 104 Å². The zero-order chi connectivity index (χ0) is 8.20. The van der Waals surface area contributed by atoms with Gasteiger partial charge in [0.1, 0.15) is 0 Å². The molecule has 0 heterocycles. The summed E-state index contributed by atoms with van der Waals surface area (Å²) >= 11 is 0. The molecule has 6 nitrogen and oxygen atoms in total. The molecule has 62 valence electrons. The van der Waals surface area contributed by atoms with Crippen molar-refractivity contribution < 1.29 is 25.5 Å². The molecule has 0 amide bonds. The highest BCUT2D eigenvalue weighted by Gasteiger charge is 2.21. The molecule has 5 N–H and O–H groups in total. The summed E-state index contributed by atoms with van der Waals surface area (Å²) in [5, 5.41) is 41.5. The van der Waals surface area contributed by atoms with Gasteiger partial charge in [-0.25, -0.2) is 4.90 Å². The molecule has 0 aromatic rings. The van der Waals surface area contributed by atoms with Crippen molar-refractivity contribution >= 4 is 0 Å². The average Bonchev–Trinajstić information content (AvgIpc) is 1.81. The van der Waals surface area contributed by atoms with Crippen LogP contribution >= 0.6 is 0 Å². The Morgan fingerprint density at radius 3 is 1.50 bits per heavy atom. The number of hydrogen-bond donors (Lipinski definition) is 5. The number of aliphatic hydroxyl groups is 5. The zero-order valence-electron chi connectivity index (χ0n) is 5.30. The van der Waals surface area contributed by atoms with Gasteiger partial charge in [0.25, 0.3) is 5.97 Å². The van der Waals surface area contributed by atoms with Gasteiger partial charge in [0.05, 0.1) is 20.0 Å². The Labute approximate surface area is 57.6 Å². The minimum absolute atomic E-state index is 0.556. The fraction of sp³-hybridized carbons (Fsp3) is 1.00. The number of rotatable bonds is 4.